The lowest BCUT2D eigenvalue weighted by Gasteiger charge is -2.27. The minimum Gasteiger partial charge on any atom is -0.383 e. The molecule has 0 bridgehead atoms. The van der Waals surface area contributed by atoms with Crippen molar-refractivity contribution in [2.24, 2.45) is 0 Å². The lowest BCUT2D eigenvalue weighted by atomic mass is 9.87. The first kappa shape index (κ1) is 11.2. The molecule has 1 aromatic rings. The van der Waals surface area contributed by atoms with Gasteiger partial charge in [0.1, 0.15) is 5.60 Å². The van der Waals surface area contributed by atoms with Crippen LogP contribution in [0.25, 0.3) is 0 Å². The normalized spacial score (nSPS) is 30.8. The van der Waals surface area contributed by atoms with E-state index in [2.05, 4.69) is 5.32 Å². The van der Waals surface area contributed by atoms with Crippen molar-refractivity contribution in [2.45, 2.75) is 25.0 Å². The molecule has 1 fully saturated rings. The molecule has 1 heterocycles. The molecule has 0 saturated carbocycles. The van der Waals surface area contributed by atoms with Crippen molar-refractivity contribution in [1.29, 1.82) is 0 Å². The highest BCUT2D eigenvalue weighted by Gasteiger charge is 2.39. The van der Waals surface area contributed by atoms with E-state index in [1.54, 1.807) is 12.1 Å². The van der Waals surface area contributed by atoms with Crippen molar-refractivity contribution in [3.63, 3.8) is 0 Å². The second-order valence-electron chi connectivity index (χ2n) is 3.98. The maximum absolute atomic E-state index is 10.5. The van der Waals surface area contributed by atoms with Gasteiger partial charge in [0, 0.05) is 6.04 Å². The van der Waals surface area contributed by atoms with Crippen LogP contribution in [0, 0.1) is 0 Å². The SMILES string of the molecule is CC1NCCC1(O)c1ccc(Cl)c(Cl)c1. The summed E-state index contributed by atoms with van der Waals surface area (Å²) in [5.41, 5.74) is 0.00298. The van der Waals surface area contributed by atoms with Gasteiger partial charge >= 0.3 is 0 Å². The third-order valence-electron chi connectivity index (χ3n) is 3.09. The molecule has 2 rings (SSSR count). The topological polar surface area (TPSA) is 32.3 Å². The van der Waals surface area contributed by atoms with E-state index >= 15 is 0 Å². The van der Waals surface area contributed by atoms with Gasteiger partial charge in [-0.3, -0.25) is 0 Å². The Labute approximate surface area is 99.2 Å². The summed E-state index contributed by atoms with van der Waals surface area (Å²) >= 11 is 11.8. The Morgan fingerprint density at radius 1 is 1.40 bits per heavy atom. The molecular weight excluding hydrogens is 233 g/mol. The molecule has 15 heavy (non-hydrogen) atoms. The maximum atomic E-state index is 10.5. The molecule has 2 unspecified atom stereocenters. The van der Waals surface area contributed by atoms with Crippen LogP contribution in [0.1, 0.15) is 18.9 Å². The van der Waals surface area contributed by atoms with Gasteiger partial charge in [-0.25, -0.2) is 0 Å². The molecule has 2 nitrogen and oxygen atoms in total. The van der Waals surface area contributed by atoms with Gasteiger partial charge in [0.15, 0.2) is 0 Å². The van der Waals surface area contributed by atoms with Gasteiger partial charge in [-0.1, -0.05) is 29.3 Å². The highest BCUT2D eigenvalue weighted by molar-refractivity contribution is 6.42. The number of nitrogens with one attached hydrogen (secondary N) is 1. The molecule has 1 aromatic carbocycles. The Kier molecular flexibility index (Phi) is 2.95. The van der Waals surface area contributed by atoms with Gasteiger partial charge in [0.2, 0.25) is 0 Å². The molecule has 82 valence electrons. The smallest absolute Gasteiger partial charge is 0.106 e. The van der Waals surface area contributed by atoms with Crippen molar-refractivity contribution in [2.75, 3.05) is 6.54 Å². The van der Waals surface area contributed by atoms with Gasteiger partial charge < -0.3 is 10.4 Å². The Morgan fingerprint density at radius 2 is 2.13 bits per heavy atom. The average Bonchev–Trinajstić information content (AvgIpc) is 2.53. The van der Waals surface area contributed by atoms with Crippen molar-refractivity contribution in [3.05, 3.63) is 33.8 Å². The Morgan fingerprint density at radius 3 is 2.67 bits per heavy atom. The molecule has 0 amide bonds. The van der Waals surface area contributed by atoms with Crippen LogP contribution in [0.3, 0.4) is 0 Å². The fourth-order valence-electron chi connectivity index (χ4n) is 2.02. The van der Waals surface area contributed by atoms with E-state index in [1.165, 1.54) is 0 Å². The van der Waals surface area contributed by atoms with Crippen LogP contribution in [0.15, 0.2) is 18.2 Å². The van der Waals surface area contributed by atoms with Crippen molar-refractivity contribution < 1.29 is 5.11 Å². The summed E-state index contributed by atoms with van der Waals surface area (Å²) in [6.07, 6.45) is 0.701. The van der Waals surface area contributed by atoms with Crippen molar-refractivity contribution in [1.82, 2.24) is 5.32 Å². The largest absolute Gasteiger partial charge is 0.383 e. The minimum atomic E-state index is -0.825. The zero-order valence-electron chi connectivity index (χ0n) is 8.43. The first-order chi connectivity index (χ1) is 7.04. The van der Waals surface area contributed by atoms with Crippen LogP contribution in [0.4, 0.5) is 0 Å². The quantitative estimate of drug-likeness (QED) is 0.798. The number of benzene rings is 1. The van der Waals surface area contributed by atoms with Gasteiger partial charge in [-0.05, 0) is 37.6 Å². The van der Waals surface area contributed by atoms with Gasteiger partial charge in [-0.15, -0.1) is 0 Å². The summed E-state index contributed by atoms with van der Waals surface area (Å²) in [5.74, 6) is 0. The monoisotopic (exact) mass is 245 g/mol. The van der Waals surface area contributed by atoms with Gasteiger partial charge in [0.25, 0.3) is 0 Å². The Bertz CT molecular complexity index is 383. The molecule has 2 N–H and O–H groups in total. The van der Waals surface area contributed by atoms with Crippen LogP contribution in [0.2, 0.25) is 10.0 Å². The summed E-state index contributed by atoms with van der Waals surface area (Å²) in [6, 6.07) is 5.34. The first-order valence-corrected chi connectivity index (χ1v) is 5.71. The summed E-state index contributed by atoms with van der Waals surface area (Å²) in [7, 11) is 0. The zero-order valence-corrected chi connectivity index (χ0v) is 9.94. The fourth-order valence-corrected chi connectivity index (χ4v) is 2.32. The Balaban J connectivity index is 2.40. The fraction of sp³-hybridized carbons (Fsp3) is 0.455. The van der Waals surface area contributed by atoms with Gasteiger partial charge in [-0.2, -0.15) is 0 Å². The van der Waals surface area contributed by atoms with E-state index in [9.17, 15) is 5.11 Å². The van der Waals surface area contributed by atoms with Crippen molar-refractivity contribution in [3.8, 4) is 0 Å². The molecule has 0 aliphatic carbocycles. The predicted octanol–water partition coefficient (Wildman–Crippen LogP) is 2.56. The molecule has 1 aliphatic rings. The van der Waals surface area contributed by atoms with Crippen LogP contribution in [0.5, 0.6) is 0 Å². The van der Waals surface area contributed by atoms with Crippen LogP contribution in [-0.2, 0) is 5.60 Å². The molecule has 0 radical (unpaired) electrons. The van der Waals surface area contributed by atoms with Gasteiger partial charge in [0.05, 0.1) is 10.0 Å². The van der Waals surface area contributed by atoms with Crippen LogP contribution >= 0.6 is 23.2 Å². The molecule has 2 atom stereocenters. The molecular formula is C11H13Cl2NO. The molecule has 1 aliphatic heterocycles. The summed E-state index contributed by atoms with van der Waals surface area (Å²) in [5, 5.41) is 14.7. The predicted molar refractivity (Wildman–Crippen MR) is 62.4 cm³/mol. The highest BCUT2D eigenvalue weighted by atomic mass is 35.5. The number of hydrogen-bond donors (Lipinski definition) is 2. The maximum Gasteiger partial charge on any atom is 0.106 e. The summed E-state index contributed by atoms with van der Waals surface area (Å²) < 4.78 is 0. The molecule has 1 saturated heterocycles. The standard InChI is InChI=1S/C11H13Cl2NO/c1-7-11(15,4-5-14-7)8-2-3-9(12)10(13)6-8/h2-3,6-7,14-15H,4-5H2,1H3. The molecule has 0 spiro atoms. The average molecular weight is 246 g/mol. The summed E-state index contributed by atoms with van der Waals surface area (Å²) in [4.78, 5) is 0. The minimum absolute atomic E-state index is 0.0368. The first-order valence-electron chi connectivity index (χ1n) is 4.95. The number of rotatable bonds is 1. The number of hydrogen-bond acceptors (Lipinski definition) is 2. The number of aliphatic hydroxyl groups is 1. The van der Waals surface area contributed by atoms with Crippen LogP contribution < -0.4 is 5.32 Å². The lowest BCUT2D eigenvalue weighted by Crippen LogP contribution is -2.37. The van der Waals surface area contributed by atoms with E-state index in [1.807, 2.05) is 13.0 Å². The van der Waals surface area contributed by atoms with E-state index in [0.29, 0.717) is 16.5 Å². The summed E-state index contributed by atoms with van der Waals surface area (Å²) in [6.45, 7) is 2.79. The second kappa shape index (κ2) is 3.95. The second-order valence-corrected chi connectivity index (χ2v) is 4.79. The van der Waals surface area contributed by atoms with E-state index in [0.717, 1.165) is 12.1 Å². The van der Waals surface area contributed by atoms with E-state index in [4.69, 9.17) is 23.2 Å². The third kappa shape index (κ3) is 1.87. The van der Waals surface area contributed by atoms with E-state index in [-0.39, 0.29) is 6.04 Å². The lowest BCUT2D eigenvalue weighted by molar-refractivity contribution is 0.0293. The highest BCUT2D eigenvalue weighted by Crippen LogP contribution is 2.35. The van der Waals surface area contributed by atoms with Crippen molar-refractivity contribution >= 4 is 23.2 Å². The Hall–Kier alpha value is -0.280. The molecule has 0 aromatic heterocycles. The zero-order chi connectivity index (χ0) is 11.1. The van der Waals surface area contributed by atoms with Crippen LogP contribution in [-0.4, -0.2) is 17.7 Å². The van der Waals surface area contributed by atoms with E-state index < -0.39 is 5.60 Å². The number of halogens is 2. The third-order valence-corrected chi connectivity index (χ3v) is 3.83. The molecule has 4 heteroatoms.